The molecule has 6 heteroatoms. The van der Waals surface area contributed by atoms with Crippen LogP contribution in [0.25, 0.3) is 0 Å². The Labute approximate surface area is 127 Å². The summed E-state index contributed by atoms with van der Waals surface area (Å²) in [6.07, 6.45) is 2.69. The van der Waals surface area contributed by atoms with E-state index in [0.717, 1.165) is 24.8 Å². The second-order valence-electron chi connectivity index (χ2n) is 5.53. The van der Waals surface area contributed by atoms with Crippen LogP contribution in [0.15, 0.2) is 40.9 Å². The number of nitrogens with one attached hydrogen (secondary N) is 2. The van der Waals surface area contributed by atoms with Crippen LogP contribution in [-0.2, 0) is 15.1 Å². The molecule has 3 rings (SSSR count). The van der Waals surface area contributed by atoms with E-state index in [1.807, 2.05) is 30.3 Å². The van der Waals surface area contributed by atoms with E-state index in [2.05, 4.69) is 15.8 Å². The molecule has 0 spiro atoms. The molecule has 1 saturated carbocycles. The van der Waals surface area contributed by atoms with Crippen LogP contribution in [0.1, 0.15) is 30.6 Å². The lowest BCUT2D eigenvalue weighted by Crippen LogP contribution is -2.53. The molecule has 114 valence electrons. The van der Waals surface area contributed by atoms with Crippen molar-refractivity contribution in [2.75, 3.05) is 5.32 Å². The molecule has 1 fully saturated rings. The highest BCUT2D eigenvalue weighted by atomic mass is 16.5. The fourth-order valence-corrected chi connectivity index (χ4v) is 2.65. The molecule has 1 heterocycles. The summed E-state index contributed by atoms with van der Waals surface area (Å²) in [7, 11) is 0. The predicted molar refractivity (Wildman–Crippen MR) is 80.0 cm³/mol. The van der Waals surface area contributed by atoms with Crippen LogP contribution < -0.4 is 10.6 Å². The zero-order chi connectivity index (χ0) is 15.6. The van der Waals surface area contributed by atoms with Crippen molar-refractivity contribution in [2.24, 2.45) is 0 Å². The fraction of sp³-hybridized carbons (Fsp3) is 0.312. The van der Waals surface area contributed by atoms with Crippen molar-refractivity contribution in [1.29, 1.82) is 0 Å². The van der Waals surface area contributed by atoms with E-state index in [1.165, 1.54) is 0 Å². The molecule has 0 radical (unpaired) electrons. The highest BCUT2D eigenvalue weighted by Gasteiger charge is 2.41. The molecule has 1 aromatic heterocycles. The van der Waals surface area contributed by atoms with Crippen LogP contribution in [0.5, 0.6) is 0 Å². The van der Waals surface area contributed by atoms with Crippen LogP contribution >= 0.6 is 0 Å². The maximum atomic E-state index is 12.2. The average Bonchev–Trinajstić information content (AvgIpc) is 2.88. The fourth-order valence-electron chi connectivity index (χ4n) is 2.65. The molecule has 2 N–H and O–H groups in total. The Morgan fingerprint density at radius 1 is 1.18 bits per heavy atom. The maximum Gasteiger partial charge on any atom is 0.314 e. The van der Waals surface area contributed by atoms with E-state index >= 15 is 0 Å². The molecule has 0 bridgehead atoms. The second kappa shape index (κ2) is 5.63. The number of hydrogen-bond acceptors (Lipinski definition) is 4. The molecule has 1 aliphatic rings. The lowest BCUT2D eigenvalue weighted by atomic mass is 9.72. The molecule has 0 saturated heterocycles. The van der Waals surface area contributed by atoms with Gasteiger partial charge in [0.2, 0.25) is 0 Å². The van der Waals surface area contributed by atoms with Gasteiger partial charge in [-0.25, -0.2) is 0 Å². The Hall–Kier alpha value is -2.63. The van der Waals surface area contributed by atoms with Crippen LogP contribution in [0.3, 0.4) is 0 Å². The number of carbonyl (C=O) groups is 2. The zero-order valence-electron chi connectivity index (χ0n) is 12.3. The Morgan fingerprint density at radius 2 is 1.91 bits per heavy atom. The van der Waals surface area contributed by atoms with Crippen LogP contribution in [0.4, 0.5) is 5.82 Å². The van der Waals surface area contributed by atoms with Gasteiger partial charge >= 0.3 is 11.8 Å². The molecule has 6 nitrogen and oxygen atoms in total. The van der Waals surface area contributed by atoms with Gasteiger partial charge in [-0.15, -0.1) is 0 Å². The second-order valence-corrected chi connectivity index (χ2v) is 5.53. The SMILES string of the molecule is Cc1cc(NC(=O)C(=O)NC2(c3ccccc3)CCC2)no1. The molecular formula is C16H17N3O3. The van der Waals surface area contributed by atoms with Gasteiger partial charge in [-0.1, -0.05) is 35.5 Å². The minimum atomic E-state index is -0.740. The molecule has 0 atom stereocenters. The van der Waals surface area contributed by atoms with Gasteiger partial charge in [0.15, 0.2) is 5.82 Å². The highest BCUT2D eigenvalue weighted by Crippen LogP contribution is 2.41. The summed E-state index contributed by atoms with van der Waals surface area (Å²) in [6, 6.07) is 11.3. The lowest BCUT2D eigenvalue weighted by molar-refractivity contribution is -0.138. The number of carbonyl (C=O) groups excluding carboxylic acids is 2. The number of anilines is 1. The quantitative estimate of drug-likeness (QED) is 0.850. The molecule has 2 aromatic rings. The van der Waals surface area contributed by atoms with Crippen molar-refractivity contribution in [3.05, 3.63) is 47.7 Å². The third-order valence-corrected chi connectivity index (χ3v) is 3.96. The lowest BCUT2D eigenvalue weighted by Gasteiger charge is -2.42. The third-order valence-electron chi connectivity index (χ3n) is 3.96. The first-order chi connectivity index (χ1) is 10.6. The average molecular weight is 299 g/mol. The number of aromatic nitrogens is 1. The Bertz CT molecular complexity index is 690. The number of nitrogens with zero attached hydrogens (tertiary/aromatic N) is 1. The largest absolute Gasteiger partial charge is 0.360 e. The molecular weight excluding hydrogens is 282 g/mol. The van der Waals surface area contributed by atoms with Crippen molar-refractivity contribution >= 4 is 17.6 Å². The summed E-state index contributed by atoms with van der Waals surface area (Å²) in [5, 5.41) is 8.93. The van der Waals surface area contributed by atoms with Gasteiger partial charge in [0.1, 0.15) is 5.76 Å². The van der Waals surface area contributed by atoms with Gasteiger partial charge in [0, 0.05) is 6.07 Å². The van der Waals surface area contributed by atoms with Crippen LogP contribution in [0, 0.1) is 6.92 Å². The van der Waals surface area contributed by atoms with Crippen molar-refractivity contribution in [3.8, 4) is 0 Å². The minimum Gasteiger partial charge on any atom is -0.360 e. The standard InChI is InChI=1S/C16H17N3O3/c1-11-10-13(19-22-11)17-14(20)15(21)18-16(8-5-9-16)12-6-3-2-4-7-12/h2-4,6-7,10H,5,8-9H2,1H3,(H,18,21)(H,17,19,20). The first-order valence-corrected chi connectivity index (χ1v) is 7.21. The van der Waals surface area contributed by atoms with E-state index < -0.39 is 17.4 Å². The number of aryl methyl sites for hydroxylation is 1. The molecule has 22 heavy (non-hydrogen) atoms. The van der Waals surface area contributed by atoms with Gasteiger partial charge < -0.3 is 9.84 Å². The number of rotatable bonds is 3. The van der Waals surface area contributed by atoms with Crippen molar-refractivity contribution in [3.63, 3.8) is 0 Å². The van der Waals surface area contributed by atoms with E-state index in [9.17, 15) is 9.59 Å². The smallest absolute Gasteiger partial charge is 0.314 e. The van der Waals surface area contributed by atoms with Crippen LogP contribution in [-0.4, -0.2) is 17.0 Å². The molecule has 1 aromatic carbocycles. The minimum absolute atomic E-state index is 0.236. The summed E-state index contributed by atoms with van der Waals surface area (Å²) in [4.78, 5) is 24.1. The van der Waals surface area contributed by atoms with Gasteiger partial charge in [0.05, 0.1) is 5.54 Å². The van der Waals surface area contributed by atoms with E-state index in [-0.39, 0.29) is 5.82 Å². The number of amides is 2. The van der Waals surface area contributed by atoms with Gasteiger partial charge in [0.25, 0.3) is 0 Å². The third kappa shape index (κ3) is 2.72. The molecule has 0 aliphatic heterocycles. The zero-order valence-corrected chi connectivity index (χ0v) is 12.3. The summed E-state index contributed by atoms with van der Waals surface area (Å²) in [5.74, 6) is -0.602. The summed E-state index contributed by atoms with van der Waals surface area (Å²) in [5.41, 5.74) is 0.592. The summed E-state index contributed by atoms with van der Waals surface area (Å²) in [6.45, 7) is 1.71. The Kier molecular flexibility index (Phi) is 3.66. The van der Waals surface area contributed by atoms with E-state index in [1.54, 1.807) is 13.0 Å². The molecule has 2 amide bonds. The summed E-state index contributed by atoms with van der Waals surface area (Å²) >= 11 is 0. The Balaban J connectivity index is 1.69. The number of benzene rings is 1. The molecule has 0 unspecified atom stereocenters. The van der Waals surface area contributed by atoms with Gasteiger partial charge in [-0.2, -0.15) is 0 Å². The Morgan fingerprint density at radius 3 is 2.45 bits per heavy atom. The van der Waals surface area contributed by atoms with Gasteiger partial charge in [-0.05, 0) is 31.7 Å². The van der Waals surface area contributed by atoms with Gasteiger partial charge in [-0.3, -0.25) is 14.9 Å². The van der Waals surface area contributed by atoms with Crippen molar-refractivity contribution < 1.29 is 14.1 Å². The normalized spacial score (nSPS) is 15.7. The van der Waals surface area contributed by atoms with Crippen molar-refractivity contribution in [1.82, 2.24) is 10.5 Å². The van der Waals surface area contributed by atoms with E-state index in [4.69, 9.17) is 4.52 Å². The number of hydrogen-bond donors (Lipinski definition) is 2. The first kappa shape index (κ1) is 14.3. The first-order valence-electron chi connectivity index (χ1n) is 7.21. The van der Waals surface area contributed by atoms with Crippen molar-refractivity contribution in [2.45, 2.75) is 31.7 Å². The summed E-state index contributed by atoms with van der Waals surface area (Å²) < 4.78 is 4.85. The topological polar surface area (TPSA) is 84.2 Å². The molecule has 1 aliphatic carbocycles. The van der Waals surface area contributed by atoms with E-state index in [0.29, 0.717) is 5.76 Å². The van der Waals surface area contributed by atoms with Crippen LogP contribution in [0.2, 0.25) is 0 Å². The maximum absolute atomic E-state index is 12.2. The predicted octanol–water partition coefficient (Wildman–Crippen LogP) is 2.12. The highest BCUT2D eigenvalue weighted by molar-refractivity contribution is 6.39. The monoisotopic (exact) mass is 299 g/mol.